The molecule has 0 aliphatic carbocycles. The van der Waals surface area contributed by atoms with Gasteiger partial charge in [-0.1, -0.05) is 6.07 Å². The molecule has 0 aromatic heterocycles. The first-order chi connectivity index (χ1) is 9.66. The Balaban J connectivity index is 0.00000220. The molecule has 2 rings (SSSR count). The Labute approximate surface area is 134 Å². The van der Waals surface area contributed by atoms with Gasteiger partial charge in [0.1, 0.15) is 0 Å². The van der Waals surface area contributed by atoms with Gasteiger partial charge >= 0.3 is 0 Å². The highest BCUT2D eigenvalue weighted by molar-refractivity contribution is 5.94. The molecule has 1 aliphatic rings. The molecule has 118 valence electrons. The van der Waals surface area contributed by atoms with E-state index in [4.69, 9.17) is 0 Å². The van der Waals surface area contributed by atoms with Crippen molar-refractivity contribution in [1.29, 1.82) is 0 Å². The van der Waals surface area contributed by atoms with Gasteiger partial charge < -0.3 is 10.2 Å². The standard InChI is InChI=1S/C17H26N2O.ClH/c1-14-7-8-16(13-15(14)2)17(20)18-9-3-4-10-19-11-5-6-12-19;/h7-8,13H,3-6,9-12H2,1-2H3,(H,18,20);1H. The quantitative estimate of drug-likeness (QED) is 0.817. The minimum atomic E-state index is 0. The van der Waals surface area contributed by atoms with Gasteiger partial charge in [-0.05, 0) is 82.4 Å². The molecule has 1 amide bonds. The summed E-state index contributed by atoms with van der Waals surface area (Å²) in [6.45, 7) is 8.58. The Kier molecular flexibility index (Phi) is 7.76. The second-order valence-corrected chi connectivity index (χ2v) is 5.81. The van der Waals surface area contributed by atoms with Crippen LogP contribution in [0.5, 0.6) is 0 Å². The summed E-state index contributed by atoms with van der Waals surface area (Å²) in [5, 5.41) is 3.01. The Morgan fingerprint density at radius 2 is 1.86 bits per heavy atom. The molecule has 0 atom stereocenters. The van der Waals surface area contributed by atoms with Gasteiger partial charge in [0.25, 0.3) is 5.91 Å². The minimum absolute atomic E-state index is 0. The van der Waals surface area contributed by atoms with Crippen LogP contribution in [-0.2, 0) is 0 Å². The van der Waals surface area contributed by atoms with Crippen molar-refractivity contribution in [2.45, 2.75) is 39.5 Å². The summed E-state index contributed by atoms with van der Waals surface area (Å²) in [4.78, 5) is 14.5. The largest absolute Gasteiger partial charge is 0.352 e. The number of aryl methyl sites for hydroxylation is 2. The molecule has 1 N–H and O–H groups in total. The molecule has 1 aromatic carbocycles. The van der Waals surface area contributed by atoms with E-state index in [0.717, 1.165) is 18.5 Å². The van der Waals surface area contributed by atoms with E-state index in [1.807, 2.05) is 25.1 Å². The molecule has 0 spiro atoms. The third kappa shape index (κ3) is 5.68. The zero-order chi connectivity index (χ0) is 14.4. The highest BCUT2D eigenvalue weighted by Gasteiger charge is 2.10. The lowest BCUT2D eigenvalue weighted by atomic mass is 10.1. The first kappa shape index (κ1) is 18.0. The normalized spacial score (nSPS) is 14.8. The topological polar surface area (TPSA) is 32.3 Å². The van der Waals surface area contributed by atoms with E-state index in [2.05, 4.69) is 17.1 Å². The molecule has 1 aliphatic heterocycles. The monoisotopic (exact) mass is 310 g/mol. The zero-order valence-corrected chi connectivity index (χ0v) is 14.0. The van der Waals surface area contributed by atoms with Crippen molar-refractivity contribution in [2.75, 3.05) is 26.2 Å². The molecule has 1 heterocycles. The summed E-state index contributed by atoms with van der Waals surface area (Å²) in [5.41, 5.74) is 3.17. The number of likely N-dealkylation sites (tertiary alicyclic amines) is 1. The highest BCUT2D eigenvalue weighted by atomic mass is 35.5. The molecule has 1 saturated heterocycles. The van der Waals surface area contributed by atoms with Gasteiger partial charge in [-0.3, -0.25) is 4.79 Å². The third-order valence-electron chi connectivity index (χ3n) is 4.15. The number of nitrogens with zero attached hydrogens (tertiary/aromatic N) is 1. The van der Waals surface area contributed by atoms with Crippen molar-refractivity contribution in [3.63, 3.8) is 0 Å². The summed E-state index contributed by atoms with van der Waals surface area (Å²) in [6.07, 6.45) is 4.94. The van der Waals surface area contributed by atoms with E-state index >= 15 is 0 Å². The predicted molar refractivity (Wildman–Crippen MR) is 90.4 cm³/mol. The van der Waals surface area contributed by atoms with Crippen LogP contribution in [0.4, 0.5) is 0 Å². The summed E-state index contributed by atoms with van der Waals surface area (Å²) in [5.74, 6) is 0.0503. The Morgan fingerprint density at radius 1 is 1.14 bits per heavy atom. The fourth-order valence-electron chi connectivity index (χ4n) is 2.65. The maximum absolute atomic E-state index is 12.0. The molecule has 3 nitrogen and oxygen atoms in total. The third-order valence-corrected chi connectivity index (χ3v) is 4.15. The van der Waals surface area contributed by atoms with Gasteiger partial charge in [-0.25, -0.2) is 0 Å². The number of nitrogens with one attached hydrogen (secondary N) is 1. The van der Waals surface area contributed by atoms with E-state index < -0.39 is 0 Å². The molecular formula is C17H27ClN2O. The van der Waals surface area contributed by atoms with Crippen LogP contribution in [0.15, 0.2) is 18.2 Å². The second-order valence-electron chi connectivity index (χ2n) is 5.81. The Morgan fingerprint density at radius 3 is 2.52 bits per heavy atom. The summed E-state index contributed by atoms with van der Waals surface area (Å²) >= 11 is 0. The van der Waals surface area contributed by atoms with Crippen molar-refractivity contribution in [2.24, 2.45) is 0 Å². The fraction of sp³-hybridized carbons (Fsp3) is 0.588. The highest BCUT2D eigenvalue weighted by Crippen LogP contribution is 2.10. The molecule has 0 saturated carbocycles. The molecular weight excluding hydrogens is 284 g/mol. The van der Waals surface area contributed by atoms with E-state index in [9.17, 15) is 4.79 Å². The van der Waals surface area contributed by atoms with Crippen LogP contribution < -0.4 is 5.32 Å². The smallest absolute Gasteiger partial charge is 0.251 e. The first-order valence-electron chi connectivity index (χ1n) is 7.74. The van der Waals surface area contributed by atoms with Crippen LogP contribution in [0.25, 0.3) is 0 Å². The average molecular weight is 311 g/mol. The molecule has 0 unspecified atom stereocenters. The average Bonchev–Trinajstić information content (AvgIpc) is 2.94. The fourth-order valence-corrected chi connectivity index (χ4v) is 2.65. The van der Waals surface area contributed by atoms with Crippen molar-refractivity contribution in [3.8, 4) is 0 Å². The molecule has 0 bridgehead atoms. The van der Waals surface area contributed by atoms with E-state index in [0.29, 0.717) is 0 Å². The van der Waals surface area contributed by atoms with Crippen LogP contribution in [0.1, 0.15) is 47.2 Å². The van der Waals surface area contributed by atoms with E-state index in [-0.39, 0.29) is 18.3 Å². The molecule has 0 radical (unpaired) electrons. The van der Waals surface area contributed by atoms with Crippen LogP contribution in [-0.4, -0.2) is 37.0 Å². The SMILES string of the molecule is Cc1ccc(C(=O)NCCCCN2CCCC2)cc1C.Cl. The summed E-state index contributed by atoms with van der Waals surface area (Å²) in [7, 11) is 0. The lowest BCUT2D eigenvalue weighted by Gasteiger charge is -2.14. The zero-order valence-electron chi connectivity index (χ0n) is 13.2. The summed E-state index contributed by atoms with van der Waals surface area (Å²) in [6, 6.07) is 5.88. The lowest BCUT2D eigenvalue weighted by Crippen LogP contribution is -2.26. The van der Waals surface area contributed by atoms with Crippen molar-refractivity contribution in [3.05, 3.63) is 34.9 Å². The molecule has 21 heavy (non-hydrogen) atoms. The predicted octanol–water partition coefficient (Wildman–Crippen LogP) is 3.33. The van der Waals surface area contributed by atoms with Crippen LogP contribution in [0, 0.1) is 13.8 Å². The van der Waals surface area contributed by atoms with Crippen LogP contribution >= 0.6 is 12.4 Å². The van der Waals surface area contributed by atoms with Crippen molar-refractivity contribution >= 4 is 18.3 Å². The Bertz CT molecular complexity index is 456. The second kappa shape index (κ2) is 9.06. The van der Waals surface area contributed by atoms with Crippen molar-refractivity contribution < 1.29 is 4.79 Å². The van der Waals surface area contributed by atoms with E-state index in [1.54, 1.807) is 0 Å². The summed E-state index contributed by atoms with van der Waals surface area (Å²) < 4.78 is 0. The molecule has 1 aromatic rings. The number of rotatable bonds is 6. The first-order valence-corrected chi connectivity index (χ1v) is 7.74. The van der Waals surface area contributed by atoms with Gasteiger partial charge in [0.05, 0.1) is 0 Å². The molecule has 4 heteroatoms. The van der Waals surface area contributed by atoms with Gasteiger partial charge in [-0.2, -0.15) is 0 Å². The maximum Gasteiger partial charge on any atom is 0.251 e. The van der Waals surface area contributed by atoms with E-state index in [1.165, 1.54) is 50.0 Å². The Hall–Kier alpha value is -1.06. The minimum Gasteiger partial charge on any atom is -0.352 e. The lowest BCUT2D eigenvalue weighted by molar-refractivity contribution is 0.0952. The number of carbonyl (C=O) groups excluding carboxylic acids is 1. The van der Waals surface area contributed by atoms with Crippen LogP contribution in [0.3, 0.4) is 0 Å². The molecule has 1 fully saturated rings. The number of benzene rings is 1. The van der Waals surface area contributed by atoms with Gasteiger partial charge in [-0.15, -0.1) is 12.4 Å². The number of halogens is 1. The van der Waals surface area contributed by atoms with Crippen LogP contribution in [0.2, 0.25) is 0 Å². The van der Waals surface area contributed by atoms with Gasteiger partial charge in [0.2, 0.25) is 0 Å². The van der Waals surface area contributed by atoms with Gasteiger partial charge in [0.15, 0.2) is 0 Å². The number of hydrogen-bond acceptors (Lipinski definition) is 2. The number of unbranched alkanes of at least 4 members (excludes halogenated alkanes) is 1. The number of carbonyl (C=O) groups is 1. The van der Waals surface area contributed by atoms with Gasteiger partial charge in [0, 0.05) is 12.1 Å². The van der Waals surface area contributed by atoms with Crippen molar-refractivity contribution in [1.82, 2.24) is 10.2 Å². The number of hydrogen-bond donors (Lipinski definition) is 1. The maximum atomic E-state index is 12.0. The number of amides is 1.